The van der Waals surface area contributed by atoms with Gasteiger partial charge in [0.2, 0.25) is 0 Å². The minimum Gasteiger partial charge on any atom is -0.397 e. The Morgan fingerprint density at radius 2 is 2.10 bits per heavy atom. The molecule has 0 aliphatic rings. The largest absolute Gasteiger partial charge is 0.397 e. The summed E-state index contributed by atoms with van der Waals surface area (Å²) in [5.41, 5.74) is 6.20. The first-order valence-corrected chi connectivity index (χ1v) is 8.12. The molecule has 1 aromatic heterocycles. The Labute approximate surface area is 134 Å². The van der Waals surface area contributed by atoms with Gasteiger partial charge in [0.1, 0.15) is 4.90 Å². The standard InChI is InChI=1S/C12H8BrClN4O2S/c13-9-4-8(16)6-17-12(9)18-21(19,20)11-2-1-7(5-15)3-10(11)14/h1-4,6H,16H2,(H,17,18). The van der Waals surface area contributed by atoms with Crippen LogP contribution in [0, 0.1) is 11.3 Å². The van der Waals surface area contributed by atoms with Gasteiger partial charge in [0.15, 0.2) is 5.82 Å². The van der Waals surface area contributed by atoms with Crippen LogP contribution in [0.5, 0.6) is 0 Å². The number of nitrogen functional groups attached to an aromatic ring is 1. The van der Waals surface area contributed by atoms with Crippen LogP contribution in [0.25, 0.3) is 0 Å². The van der Waals surface area contributed by atoms with Crippen LogP contribution in [-0.2, 0) is 10.0 Å². The average molecular weight is 388 g/mol. The van der Waals surface area contributed by atoms with Gasteiger partial charge in [-0.15, -0.1) is 0 Å². The third kappa shape index (κ3) is 3.44. The number of nitrogens with zero attached hydrogens (tertiary/aromatic N) is 2. The number of sulfonamides is 1. The second-order valence-corrected chi connectivity index (χ2v) is 6.87. The molecule has 0 saturated carbocycles. The number of nitriles is 1. The van der Waals surface area contributed by atoms with Crippen LogP contribution in [-0.4, -0.2) is 13.4 Å². The van der Waals surface area contributed by atoms with Crippen molar-refractivity contribution >= 4 is 49.1 Å². The summed E-state index contributed by atoms with van der Waals surface area (Å²) in [7, 11) is -3.93. The Balaban J connectivity index is 2.41. The fourth-order valence-electron chi connectivity index (χ4n) is 1.50. The van der Waals surface area contributed by atoms with E-state index in [0.29, 0.717) is 10.2 Å². The highest BCUT2D eigenvalue weighted by atomic mass is 79.9. The Morgan fingerprint density at radius 3 is 2.67 bits per heavy atom. The molecule has 0 spiro atoms. The molecule has 2 rings (SSSR count). The first kappa shape index (κ1) is 15.6. The zero-order valence-corrected chi connectivity index (χ0v) is 13.5. The summed E-state index contributed by atoms with van der Waals surface area (Å²) >= 11 is 9.07. The second-order valence-electron chi connectivity index (χ2n) is 3.96. The molecule has 0 radical (unpaired) electrons. The summed E-state index contributed by atoms with van der Waals surface area (Å²) in [5, 5.41) is 8.70. The monoisotopic (exact) mass is 386 g/mol. The second kappa shape index (κ2) is 5.89. The number of benzene rings is 1. The third-order valence-electron chi connectivity index (χ3n) is 2.44. The molecule has 1 heterocycles. The molecule has 0 saturated heterocycles. The van der Waals surface area contributed by atoms with Gasteiger partial charge in [-0.05, 0) is 40.2 Å². The summed E-state index contributed by atoms with van der Waals surface area (Å²) in [5.74, 6) is 0.0876. The van der Waals surface area contributed by atoms with Gasteiger partial charge in [0, 0.05) is 0 Å². The highest BCUT2D eigenvalue weighted by Crippen LogP contribution is 2.27. The van der Waals surface area contributed by atoms with E-state index in [-0.39, 0.29) is 21.3 Å². The summed E-state index contributed by atoms with van der Waals surface area (Å²) in [6.45, 7) is 0. The summed E-state index contributed by atoms with van der Waals surface area (Å²) < 4.78 is 27.3. The molecule has 6 nitrogen and oxygen atoms in total. The van der Waals surface area contributed by atoms with E-state index in [4.69, 9.17) is 22.6 Å². The molecule has 9 heteroatoms. The van der Waals surface area contributed by atoms with E-state index < -0.39 is 10.0 Å². The number of nitrogens with two attached hydrogens (primary N) is 1. The van der Waals surface area contributed by atoms with Crippen molar-refractivity contribution in [2.75, 3.05) is 10.5 Å². The molecule has 0 unspecified atom stereocenters. The fraction of sp³-hybridized carbons (Fsp3) is 0. The Kier molecular flexibility index (Phi) is 4.37. The van der Waals surface area contributed by atoms with Gasteiger partial charge in [0.25, 0.3) is 10.0 Å². The van der Waals surface area contributed by atoms with Gasteiger partial charge in [-0.1, -0.05) is 11.6 Å². The van der Waals surface area contributed by atoms with Crippen molar-refractivity contribution in [3.63, 3.8) is 0 Å². The van der Waals surface area contributed by atoms with Crippen molar-refractivity contribution in [3.8, 4) is 6.07 Å². The van der Waals surface area contributed by atoms with Crippen molar-refractivity contribution < 1.29 is 8.42 Å². The third-order valence-corrected chi connectivity index (χ3v) is 4.87. The zero-order valence-electron chi connectivity index (χ0n) is 10.3. The van der Waals surface area contributed by atoms with Gasteiger partial charge in [0.05, 0.1) is 33.0 Å². The van der Waals surface area contributed by atoms with E-state index in [1.807, 2.05) is 6.07 Å². The number of aromatic nitrogens is 1. The number of anilines is 2. The summed E-state index contributed by atoms with van der Waals surface area (Å²) in [6, 6.07) is 7.30. The van der Waals surface area contributed by atoms with E-state index in [1.54, 1.807) is 0 Å². The minimum atomic E-state index is -3.93. The lowest BCUT2D eigenvalue weighted by molar-refractivity contribution is 0.601. The molecule has 0 fully saturated rings. The van der Waals surface area contributed by atoms with Gasteiger partial charge < -0.3 is 5.73 Å². The topological polar surface area (TPSA) is 109 Å². The van der Waals surface area contributed by atoms with Gasteiger partial charge in [-0.25, -0.2) is 13.4 Å². The van der Waals surface area contributed by atoms with Gasteiger partial charge >= 0.3 is 0 Å². The normalized spacial score (nSPS) is 10.9. The number of halogens is 2. The fourth-order valence-corrected chi connectivity index (χ4v) is 3.67. The molecule has 21 heavy (non-hydrogen) atoms. The highest BCUT2D eigenvalue weighted by Gasteiger charge is 2.20. The van der Waals surface area contributed by atoms with Crippen molar-refractivity contribution in [2.45, 2.75) is 4.90 Å². The summed E-state index contributed by atoms with van der Waals surface area (Å²) in [4.78, 5) is 3.75. The predicted molar refractivity (Wildman–Crippen MR) is 83.3 cm³/mol. The van der Waals surface area contributed by atoms with Crippen molar-refractivity contribution in [1.82, 2.24) is 4.98 Å². The minimum absolute atomic E-state index is 0.0480. The lowest BCUT2D eigenvalue weighted by Crippen LogP contribution is -2.15. The number of rotatable bonds is 3. The SMILES string of the molecule is N#Cc1ccc(S(=O)(=O)Nc2ncc(N)cc2Br)c(Cl)c1. The lowest BCUT2D eigenvalue weighted by Gasteiger charge is -2.10. The number of pyridine rings is 1. The van der Waals surface area contributed by atoms with E-state index in [9.17, 15) is 8.42 Å². The van der Waals surface area contributed by atoms with Crippen molar-refractivity contribution in [2.24, 2.45) is 0 Å². The smallest absolute Gasteiger partial charge is 0.264 e. The van der Waals surface area contributed by atoms with E-state index in [0.717, 1.165) is 0 Å². The van der Waals surface area contributed by atoms with Crippen LogP contribution in [0.2, 0.25) is 5.02 Å². The van der Waals surface area contributed by atoms with E-state index in [2.05, 4.69) is 25.6 Å². The average Bonchev–Trinajstić information content (AvgIpc) is 2.41. The zero-order chi connectivity index (χ0) is 15.6. The van der Waals surface area contributed by atoms with Crippen molar-refractivity contribution in [1.29, 1.82) is 5.26 Å². The molecule has 1 aromatic carbocycles. The van der Waals surface area contributed by atoms with Crippen LogP contribution < -0.4 is 10.5 Å². The molecule has 108 valence electrons. The van der Waals surface area contributed by atoms with Crippen molar-refractivity contribution in [3.05, 3.63) is 45.5 Å². The molecule has 3 N–H and O–H groups in total. The first-order valence-electron chi connectivity index (χ1n) is 5.47. The number of hydrogen-bond acceptors (Lipinski definition) is 5. The Hall–Kier alpha value is -1.82. The molecule has 0 aliphatic carbocycles. The van der Waals surface area contributed by atoms with Gasteiger partial charge in [-0.2, -0.15) is 5.26 Å². The van der Waals surface area contributed by atoms with Gasteiger partial charge in [-0.3, -0.25) is 4.72 Å². The molecule has 0 aliphatic heterocycles. The van der Waals surface area contributed by atoms with Crippen LogP contribution >= 0.6 is 27.5 Å². The first-order chi connectivity index (χ1) is 9.83. The summed E-state index contributed by atoms with van der Waals surface area (Å²) in [6.07, 6.45) is 1.32. The number of nitrogens with one attached hydrogen (secondary N) is 1. The maximum Gasteiger partial charge on any atom is 0.264 e. The Morgan fingerprint density at radius 1 is 1.38 bits per heavy atom. The lowest BCUT2D eigenvalue weighted by atomic mass is 10.2. The van der Waals surface area contributed by atoms with Crippen LogP contribution in [0.1, 0.15) is 5.56 Å². The highest BCUT2D eigenvalue weighted by molar-refractivity contribution is 9.10. The maximum atomic E-state index is 12.3. The van der Waals surface area contributed by atoms with E-state index in [1.165, 1.54) is 30.5 Å². The van der Waals surface area contributed by atoms with Crippen LogP contribution in [0.4, 0.5) is 11.5 Å². The quantitative estimate of drug-likeness (QED) is 0.841. The predicted octanol–water partition coefficient (Wildman–Crippen LogP) is 2.75. The maximum absolute atomic E-state index is 12.3. The molecule has 0 bridgehead atoms. The molecular weight excluding hydrogens is 380 g/mol. The molecule has 2 aromatic rings. The molecular formula is C12H8BrClN4O2S. The molecule has 0 amide bonds. The van der Waals surface area contributed by atoms with Crippen LogP contribution in [0.15, 0.2) is 39.8 Å². The van der Waals surface area contributed by atoms with E-state index >= 15 is 0 Å². The Bertz CT molecular complexity index is 849. The number of hydrogen-bond donors (Lipinski definition) is 2. The molecule has 0 atom stereocenters. The van der Waals surface area contributed by atoms with Crippen LogP contribution in [0.3, 0.4) is 0 Å².